The highest BCUT2D eigenvalue weighted by Crippen LogP contribution is 2.23. The molecular formula is C13H13Cl2N3O. The van der Waals surface area contributed by atoms with Crippen LogP contribution in [0, 0.1) is 0 Å². The van der Waals surface area contributed by atoms with Crippen LogP contribution < -0.4 is 5.32 Å². The average molecular weight is 298 g/mol. The summed E-state index contributed by atoms with van der Waals surface area (Å²) in [5, 5.41) is 8.00. The quantitative estimate of drug-likeness (QED) is 0.937. The van der Waals surface area contributed by atoms with Crippen molar-refractivity contribution in [2.24, 2.45) is 0 Å². The van der Waals surface area contributed by atoms with Gasteiger partial charge in [-0.2, -0.15) is 5.10 Å². The molecule has 0 radical (unpaired) electrons. The minimum absolute atomic E-state index is 0.0558. The fourth-order valence-corrected chi connectivity index (χ4v) is 1.89. The lowest BCUT2D eigenvalue weighted by molar-refractivity contribution is -0.115. The van der Waals surface area contributed by atoms with Gasteiger partial charge in [-0.15, -0.1) is 0 Å². The van der Waals surface area contributed by atoms with Gasteiger partial charge in [0.05, 0.1) is 16.6 Å². The summed E-state index contributed by atoms with van der Waals surface area (Å²) in [4.78, 5) is 11.2. The smallest absolute Gasteiger partial charge is 0.225 e. The Morgan fingerprint density at radius 1 is 1.32 bits per heavy atom. The van der Waals surface area contributed by atoms with Gasteiger partial charge in [0.15, 0.2) is 5.82 Å². The first-order chi connectivity index (χ1) is 9.08. The van der Waals surface area contributed by atoms with Crippen molar-refractivity contribution in [3.05, 3.63) is 46.1 Å². The molecule has 0 saturated heterocycles. The highest BCUT2D eigenvalue weighted by atomic mass is 35.5. The van der Waals surface area contributed by atoms with Crippen LogP contribution in [0.4, 0.5) is 5.82 Å². The highest BCUT2D eigenvalue weighted by molar-refractivity contribution is 6.42. The normalized spacial score (nSPS) is 10.5. The van der Waals surface area contributed by atoms with E-state index in [1.807, 2.05) is 6.07 Å². The Balaban J connectivity index is 2.07. The summed E-state index contributed by atoms with van der Waals surface area (Å²) in [7, 11) is 0. The van der Waals surface area contributed by atoms with Crippen molar-refractivity contribution in [2.45, 2.75) is 19.9 Å². The van der Waals surface area contributed by atoms with Crippen LogP contribution in [0.3, 0.4) is 0 Å². The summed E-state index contributed by atoms with van der Waals surface area (Å²) in [5.74, 6) is 0.492. The predicted octanol–water partition coefficient (Wildman–Crippen LogP) is 3.59. The lowest BCUT2D eigenvalue weighted by Gasteiger charge is -2.04. The topological polar surface area (TPSA) is 46.9 Å². The molecule has 0 spiro atoms. The van der Waals surface area contributed by atoms with Gasteiger partial charge >= 0.3 is 0 Å². The zero-order chi connectivity index (χ0) is 13.8. The molecule has 0 atom stereocenters. The van der Waals surface area contributed by atoms with Crippen LogP contribution in [0.2, 0.25) is 10.0 Å². The maximum Gasteiger partial charge on any atom is 0.225 e. The van der Waals surface area contributed by atoms with Crippen LogP contribution >= 0.6 is 23.2 Å². The second-order valence-electron chi connectivity index (χ2n) is 4.05. The van der Waals surface area contributed by atoms with E-state index in [0.29, 0.717) is 28.8 Å². The number of halogens is 2. The summed E-state index contributed by atoms with van der Waals surface area (Å²) in [6.07, 6.45) is 2.23. The monoisotopic (exact) mass is 297 g/mol. The third-order valence-corrected chi connectivity index (χ3v) is 3.30. The Morgan fingerprint density at radius 3 is 2.79 bits per heavy atom. The second kappa shape index (κ2) is 6.08. The van der Waals surface area contributed by atoms with Gasteiger partial charge in [0.2, 0.25) is 5.91 Å². The third kappa shape index (κ3) is 3.72. The van der Waals surface area contributed by atoms with E-state index in [4.69, 9.17) is 23.2 Å². The van der Waals surface area contributed by atoms with Crippen LogP contribution in [0.1, 0.15) is 18.9 Å². The van der Waals surface area contributed by atoms with E-state index in [0.717, 1.165) is 5.56 Å². The van der Waals surface area contributed by atoms with Crippen LogP contribution in [0.15, 0.2) is 30.5 Å². The lowest BCUT2D eigenvalue weighted by atomic mass is 10.2. The largest absolute Gasteiger partial charge is 0.309 e. The van der Waals surface area contributed by atoms with E-state index in [-0.39, 0.29) is 5.91 Å². The molecule has 4 nitrogen and oxygen atoms in total. The predicted molar refractivity (Wildman–Crippen MR) is 76.7 cm³/mol. The van der Waals surface area contributed by atoms with Gasteiger partial charge in [-0.1, -0.05) is 36.2 Å². The molecule has 2 aromatic rings. The molecule has 1 heterocycles. The molecule has 0 unspecified atom stereocenters. The number of carbonyl (C=O) groups is 1. The minimum Gasteiger partial charge on any atom is -0.309 e. The van der Waals surface area contributed by atoms with Gasteiger partial charge in [-0.05, 0) is 17.7 Å². The van der Waals surface area contributed by atoms with Gasteiger partial charge in [0, 0.05) is 18.7 Å². The van der Waals surface area contributed by atoms with Crippen LogP contribution in [-0.2, 0) is 11.3 Å². The van der Waals surface area contributed by atoms with Crippen LogP contribution in [-0.4, -0.2) is 15.7 Å². The zero-order valence-electron chi connectivity index (χ0n) is 10.4. The molecule has 100 valence electrons. The summed E-state index contributed by atoms with van der Waals surface area (Å²) in [6.45, 7) is 2.36. The lowest BCUT2D eigenvalue weighted by Crippen LogP contribution is -2.10. The first-order valence-corrected chi connectivity index (χ1v) is 6.61. The third-order valence-electron chi connectivity index (χ3n) is 2.56. The summed E-state index contributed by atoms with van der Waals surface area (Å²) < 4.78 is 1.73. The van der Waals surface area contributed by atoms with Gasteiger partial charge in [-0.25, -0.2) is 0 Å². The van der Waals surface area contributed by atoms with Gasteiger partial charge in [0.25, 0.3) is 0 Å². The SMILES string of the molecule is CCC(=O)Nc1ccn(Cc2ccc(Cl)c(Cl)c2)n1. The van der Waals surface area contributed by atoms with E-state index in [1.165, 1.54) is 0 Å². The number of nitrogens with one attached hydrogen (secondary N) is 1. The van der Waals surface area contributed by atoms with Crippen molar-refractivity contribution in [1.82, 2.24) is 9.78 Å². The van der Waals surface area contributed by atoms with Crippen molar-refractivity contribution < 1.29 is 4.79 Å². The molecule has 1 N–H and O–H groups in total. The number of aromatic nitrogens is 2. The summed E-state index contributed by atoms with van der Waals surface area (Å²) in [5.41, 5.74) is 0.992. The Hall–Kier alpha value is -1.52. The number of nitrogens with zero attached hydrogens (tertiary/aromatic N) is 2. The van der Waals surface area contributed by atoms with Gasteiger partial charge in [-0.3, -0.25) is 9.48 Å². The Morgan fingerprint density at radius 2 is 2.11 bits per heavy atom. The molecule has 0 aliphatic heterocycles. The molecule has 1 aromatic carbocycles. The van der Waals surface area contributed by atoms with E-state index >= 15 is 0 Å². The fourth-order valence-electron chi connectivity index (χ4n) is 1.57. The number of carbonyl (C=O) groups excluding carboxylic acids is 1. The van der Waals surface area contributed by atoms with Gasteiger partial charge in [0.1, 0.15) is 0 Å². The molecule has 0 saturated carbocycles. The average Bonchev–Trinajstić information content (AvgIpc) is 2.81. The number of rotatable bonds is 4. The fraction of sp³-hybridized carbons (Fsp3) is 0.231. The molecule has 1 aromatic heterocycles. The molecule has 0 bridgehead atoms. The molecule has 2 rings (SSSR count). The zero-order valence-corrected chi connectivity index (χ0v) is 11.9. The van der Waals surface area contributed by atoms with Crippen molar-refractivity contribution >= 4 is 34.9 Å². The standard InChI is InChI=1S/C13H13Cl2N3O/c1-2-13(19)16-12-5-6-18(17-12)8-9-3-4-10(14)11(15)7-9/h3-7H,2,8H2,1H3,(H,16,17,19). The summed E-state index contributed by atoms with van der Waals surface area (Å²) >= 11 is 11.8. The molecule has 1 amide bonds. The Labute approximate surface area is 121 Å². The van der Waals surface area contributed by atoms with E-state index in [2.05, 4.69) is 10.4 Å². The molecule has 0 fully saturated rings. The second-order valence-corrected chi connectivity index (χ2v) is 4.86. The molecule has 0 aliphatic carbocycles. The van der Waals surface area contributed by atoms with E-state index in [9.17, 15) is 4.79 Å². The maximum absolute atomic E-state index is 11.2. The van der Waals surface area contributed by atoms with Crippen molar-refractivity contribution in [2.75, 3.05) is 5.32 Å². The first-order valence-electron chi connectivity index (χ1n) is 5.85. The van der Waals surface area contributed by atoms with E-state index in [1.54, 1.807) is 36.0 Å². The molecule has 0 aliphatic rings. The first kappa shape index (κ1) is 13.9. The Kier molecular flexibility index (Phi) is 4.45. The summed E-state index contributed by atoms with van der Waals surface area (Å²) in [6, 6.07) is 7.20. The van der Waals surface area contributed by atoms with Crippen LogP contribution in [0.25, 0.3) is 0 Å². The minimum atomic E-state index is -0.0558. The number of hydrogen-bond acceptors (Lipinski definition) is 2. The Bertz CT molecular complexity index is 595. The number of anilines is 1. The van der Waals surface area contributed by atoms with Gasteiger partial charge < -0.3 is 5.32 Å². The van der Waals surface area contributed by atoms with Crippen molar-refractivity contribution in [3.8, 4) is 0 Å². The van der Waals surface area contributed by atoms with Crippen molar-refractivity contribution in [3.63, 3.8) is 0 Å². The molecular weight excluding hydrogens is 285 g/mol. The highest BCUT2D eigenvalue weighted by Gasteiger charge is 2.04. The number of hydrogen-bond donors (Lipinski definition) is 1. The molecule has 19 heavy (non-hydrogen) atoms. The maximum atomic E-state index is 11.2. The van der Waals surface area contributed by atoms with E-state index < -0.39 is 0 Å². The van der Waals surface area contributed by atoms with Crippen molar-refractivity contribution in [1.29, 1.82) is 0 Å². The number of benzene rings is 1. The molecule has 6 heteroatoms. The number of amides is 1. The van der Waals surface area contributed by atoms with Crippen LogP contribution in [0.5, 0.6) is 0 Å².